The van der Waals surface area contributed by atoms with Crippen molar-refractivity contribution in [2.24, 2.45) is 0 Å². The van der Waals surface area contributed by atoms with Crippen LogP contribution in [0.5, 0.6) is 0 Å². The molecule has 0 aromatic carbocycles. The van der Waals surface area contributed by atoms with Gasteiger partial charge in [-0.2, -0.15) is 0 Å². The molecule has 6 N–H and O–H groups in total. The lowest BCUT2D eigenvalue weighted by atomic mass is 9.99. The van der Waals surface area contributed by atoms with Crippen molar-refractivity contribution < 1.29 is 39.8 Å². The van der Waals surface area contributed by atoms with Gasteiger partial charge in [0.25, 0.3) is 0 Å². The highest BCUT2D eigenvalue weighted by Gasteiger charge is 2.44. The van der Waals surface area contributed by atoms with E-state index in [-0.39, 0.29) is 12.5 Å². The second kappa shape index (κ2) is 38.6. The van der Waals surface area contributed by atoms with Crippen molar-refractivity contribution in [1.82, 2.24) is 5.32 Å². The normalized spacial score (nSPS) is 21.3. The van der Waals surface area contributed by atoms with Crippen molar-refractivity contribution in [2.45, 2.75) is 249 Å². The number of hydrogen-bond donors (Lipinski definition) is 6. The Morgan fingerprint density at radius 3 is 1.46 bits per heavy atom. The first-order chi connectivity index (χ1) is 27.8. The molecule has 7 unspecified atom stereocenters. The average molecular weight is 808 g/mol. The lowest BCUT2D eigenvalue weighted by Crippen LogP contribution is -2.60. The van der Waals surface area contributed by atoms with Gasteiger partial charge in [-0.05, 0) is 38.5 Å². The van der Waals surface area contributed by atoms with Crippen LogP contribution in [0.4, 0.5) is 0 Å². The Morgan fingerprint density at radius 1 is 0.579 bits per heavy atom. The average Bonchev–Trinajstić information content (AvgIpc) is 3.21. The lowest BCUT2D eigenvalue weighted by molar-refractivity contribution is -0.302. The van der Waals surface area contributed by atoms with Gasteiger partial charge in [0.2, 0.25) is 5.91 Å². The SMILES string of the molecule is CCCC/C=C/CC/C=C/CC/C=C/C(O)C(COC1OC(CO)C(O)C(O)C1O)NC(=O)CCCCCCCCCCCCCCCCCCCCCCCC. The van der Waals surface area contributed by atoms with Crippen LogP contribution in [0.15, 0.2) is 36.5 Å². The molecule has 1 heterocycles. The molecule has 0 radical (unpaired) electrons. The van der Waals surface area contributed by atoms with Crippen LogP contribution in [0.3, 0.4) is 0 Å². The van der Waals surface area contributed by atoms with Crippen LogP contribution < -0.4 is 5.32 Å². The summed E-state index contributed by atoms with van der Waals surface area (Å²) in [5, 5.41) is 54.1. The van der Waals surface area contributed by atoms with Crippen LogP contribution >= 0.6 is 0 Å². The van der Waals surface area contributed by atoms with Gasteiger partial charge in [0, 0.05) is 6.42 Å². The number of ether oxygens (including phenoxy) is 2. The smallest absolute Gasteiger partial charge is 0.220 e. The van der Waals surface area contributed by atoms with E-state index in [1.54, 1.807) is 6.08 Å². The summed E-state index contributed by atoms with van der Waals surface area (Å²) in [4.78, 5) is 12.9. The Hall–Kier alpha value is -1.59. The van der Waals surface area contributed by atoms with Crippen LogP contribution in [0, 0.1) is 0 Å². The van der Waals surface area contributed by atoms with Gasteiger partial charge in [-0.1, -0.05) is 198 Å². The maximum Gasteiger partial charge on any atom is 0.220 e. The lowest BCUT2D eigenvalue weighted by Gasteiger charge is -2.40. The van der Waals surface area contributed by atoms with E-state index in [0.717, 1.165) is 51.4 Å². The van der Waals surface area contributed by atoms with Gasteiger partial charge in [0.15, 0.2) is 6.29 Å². The van der Waals surface area contributed by atoms with E-state index in [1.807, 2.05) is 6.08 Å². The van der Waals surface area contributed by atoms with Gasteiger partial charge in [-0.15, -0.1) is 0 Å². The molecule has 0 saturated carbocycles. The Balaban J connectivity index is 2.29. The number of hydrogen-bond acceptors (Lipinski definition) is 8. The van der Waals surface area contributed by atoms with E-state index in [0.29, 0.717) is 6.42 Å². The quantitative estimate of drug-likeness (QED) is 0.0266. The molecule has 1 amide bonds. The molecule has 1 fully saturated rings. The summed E-state index contributed by atoms with van der Waals surface area (Å²) in [6, 6.07) is -0.823. The molecule has 9 heteroatoms. The predicted octanol–water partition coefficient (Wildman–Crippen LogP) is 10.1. The number of rotatable bonds is 39. The van der Waals surface area contributed by atoms with Crippen molar-refractivity contribution in [1.29, 1.82) is 0 Å². The van der Waals surface area contributed by atoms with E-state index in [1.165, 1.54) is 135 Å². The molecule has 0 aromatic rings. The van der Waals surface area contributed by atoms with E-state index in [4.69, 9.17) is 9.47 Å². The summed E-state index contributed by atoms with van der Waals surface area (Å²) in [5.74, 6) is -0.190. The van der Waals surface area contributed by atoms with E-state index >= 15 is 0 Å². The fourth-order valence-electron chi connectivity index (χ4n) is 7.35. The van der Waals surface area contributed by atoms with Crippen molar-refractivity contribution in [3.8, 4) is 0 Å². The van der Waals surface area contributed by atoms with Crippen molar-refractivity contribution in [3.05, 3.63) is 36.5 Å². The Bertz CT molecular complexity index is 987. The molecule has 1 aliphatic heterocycles. The molecular formula is C48H89NO8. The fourth-order valence-corrected chi connectivity index (χ4v) is 7.35. The summed E-state index contributed by atoms with van der Waals surface area (Å²) in [6.07, 6.45) is 40.6. The van der Waals surface area contributed by atoms with Gasteiger partial charge in [-0.25, -0.2) is 0 Å². The predicted molar refractivity (Wildman–Crippen MR) is 235 cm³/mol. The fraction of sp³-hybridized carbons (Fsp3) is 0.854. The topological polar surface area (TPSA) is 149 Å². The van der Waals surface area contributed by atoms with Gasteiger partial charge < -0.3 is 40.3 Å². The highest BCUT2D eigenvalue weighted by Crippen LogP contribution is 2.23. The van der Waals surface area contributed by atoms with E-state index in [2.05, 4.69) is 43.5 Å². The number of allylic oxidation sites excluding steroid dienone is 5. The molecule has 0 aromatic heterocycles. The summed E-state index contributed by atoms with van der Waals surface area (Å²) >= 11 is 0. The van der Waals surface area contributed by atoms with Crippen LogP contribution in [0.1, 0.15) is 206 Å². The minimum atomic E-state index is -1.57. The number of aliphatic hydroxyl groups excluding tert-OH is 5. The largest absolute Gasteiger partial charge is 0.394 e. The Morgan fingerprint density at radius 2 is 1.00 bits per heavy atom. The van der Waals surface area contributed by atoms with Gasteiger partial charge in [0.05, 0.1) is 25.4 Å². The maximum atomic E-state index is 12.9. The summed E-state index contributed by atoms with van der Waals surface area (Å²) < 4.78 is 11.2. The molecular weight excluding hydrogens is 719 g/mol. The van der Waals surface area contributed by atoms with Crippen LogP contribution in [-0.4, -0.2) is 87.5 Å². The Labute approximate surface area is 349 Å². The zero-order valence-electron chi connectivity index (χ0n) is 36.6. The minimum absolute atomic E-state index is 0.190. The van der Waals surface area contributed by atoms with Crippen molar-refractivity contribution in [2.75, 3.05) is 13.2 Å². The first-order valence-electron chi connectivity index (χ1n) is 23.7. The number of carbonyl (C=O) groups is 1. The number of unbranched alkanes of at least 4 members (excludes halogenated alkanes) is 25. The molecule has 9 nitrogen and oxygen atoms in total. The van der Waals surface area contributed by atoms with E-state index in [9.17, 15) is 30.3 Å². The third-order valence-corrected chi connectivity index (χ3v) is 11.2. The number of nitrogens with one attached hydrogen (secondary N) is 1. The number of carbonyl (C=O) groups excluding carboxylic acids is 1. The second-order valence-electron chi connectivity index (χ2n) is 16.5. The first kappa shape index (κ1) is 53.4. The zero-order chi connectivity index (χ0) is 41.6. The van der Waals surface area contributed by atoms with Gasteiger partial charge in [-0.3, -0.25) is 4.79 Å². The Kier molecular flexibility index (Phi) is 36.2. The highest BCUT2D eigenvalue weighted by molar-refractivity contribution is 5.76. The first-order valence-corrected chi connectivity index (χ1v) is 23.7. The second-order valence-corrected chi connectivity index (χ2v) is 16.5. The third-order valence-electron chi connectivity index (χ3n) is 11.2. The summed E-state index contributed by atoms with van der Waals surface area (Å²) in [7, 11) is 0. The molecule has 1 aliphatic rings. The monoisotopic (exact) mass is 808 g/mol. The molecule has 1 saturated heterocycles. The molecule has 334 valence electrons. The molecule has 0 bridgehead atoms. The number of aliphatic hydroxyl groups is 5. The number of amides is 1. The van der Waals surface area contributed by atoms with Gasteiger partial charge >= 0.3 is 0 Å². The van der Waals surface area contributed by atoms with Crippen LogP contribution in [0.2, 0.25) is 0 Å². The van der Waals surface area contributed by atoms with Crippen LogP contribution in [-0.2, 0) is 14.3 Å². The molecule has 0 spiro atoms. The molecule has 7 atom stereocenters. The molecule has 0 aliphatic carbocycles. The highest BCUT2D eigenvalue weighted by atomic mass is 16.7. The maximum absolute atomic E-state index is 12.9. The molecule has 57 heavy (non-hydrogen) atoms. The van der Waals surface area contributed by atoms with E-state index < -0.39 is 49.5 Å². The van der Waals surface area contributed by atoms with Crippen molar-refractivity contribution in [3.63, 3.8) is 0 Å². The molecule has 1 rings (SSSR count). The summed E-state index contributed by atoms with van der Waals surface area (Å²) in [6.45, 7) is 3.71. The van der Waals surface area contributed by atoms with Crippen LogP contribution in [0.25, 0.3) is 0 Å². The standard InChI is InChI=1S/C48H89NO8/c1-3-5-7-9-11-13-15-17-18-19-20-21-22-23-24-25-26-28-30-32-34-36-38-44(52)49-41(40-56-48-47(55)46(54)45(53)43(39-50)57-48)42(51)37-35-33-31-29-27-16-14-12-10-8-6-4-2/h10,12,27,29,35,37,41-43,45-48,50-51,53-55H,3-9,11,13-26,28,30-34,36,38-40H2,1-2H3,(H,49,52)/b12-10+,29-27+,37-35+. The third kappa shape index (κ3) is 29.3. The van der Waals surface area contributed by atoms with Gasteiger partial charge in [0.1, 0.15) is 24.4 Å². The minimum Gasteiger partial charge on any atom is -0.394 e. The summed E-state index contributed by atoms with van der Waals surface area (Å²) in [5.41, 5.74) is 0. The van der Waals surface area contributed by atoms with Crippen molar-refractivity contribution >= 4 is 5.91 Å². The zero-order valence-corrected chi connectivity index (χ0v) is 36.6.